The Morgan fingerprint density at radius 2 is 2.10 bits per heavy atom. The Balaban J connectivity index is 2.65. The number of amides is 4. The number of carbonyl (C=O) groups is 4. The first kappa shape index (κ1) is 15.7. The third kappa shape index (κ3) is 4.11. The number of piperazine rings is 1. The normalized spacial score (nSPS) is 18.2. The van der Waals surface area contributed by atoms with Crippen LogP contribution in [0, 0.1) is 0 Å². The van der Waals surface area contributed by atoms with E-state index in [4.69, 9.17) is 5.11 Å². The summed E-state index contributed by atoms with van der Waals surface area (Å²) in [6.45, 7) is 0.249. The molecule has 0 aromatic carbocycles. The van der Waals surface area contributed by atoms with Gasteiger partial charge in [-0.2, -0.15) is 0 Å². The largest absolute Gasteiger partial charge is 0.481 e. The van der Waals surface area contributed by atoms with E-state index in [1.54, 1.807) is 14.1 Å². The zero-order valence-corrected chi connectivity index (χ0v) is 11.4. The van der Waals surface area contributed by atoms with Crippen LogP contribution in [0.3, 0.4) is 0 Å². The molecule has 4 amide bonds. The summed E-state index contributed by atoms with van der Waals surface area (Å²) in [5.41, 5.74) is 0. The molecular formula is C11H18N4O5. The van der Waals surface area contributed by atoms with Crippen molar-refractivity contribution < 1.29 is 24.3 Å². The van der Waals surface area contributed by atoms with Crippen LogP contribution < -0.4 is 10.6 Å². The van der Waals surface area contributed by atoms with Crippen LogP contribution in [0.15, 0.2) is 0 Å². The van der Waals surface area contributed by atoms with Crippen LogP contribution in [0.2, 0.25) is 0 Å². The fourth-order valence-electron chi connectivity index (χ4n) is 1.74. The van der Waals surface area contributed by atoms with Crippen molar-refractivity contribution in [2.24, 2.45) is 0 Å². The molecule has 1 heterocycles. The number of aliphatic carboxylic acids is 1. The van der Waals surface area contributed by atoms with Gasteiger partial charge in [0.15, 0.2) is 0 Å². The summed E-state index contributed by atoms with van der Waals surface area (Å²) < 4.78 is 0. The molecule has 0 aliphatic carbocycles. The Morgan fingerprint density at radius 1 is 1.45 bits per heavy atom. The summed E-state index contributed by atoms with van der Waals surface area (Å²) in [5.74, 6) is -1.98. The van der Waals surface area contributed by atoms with Crippen molar-refractivity contribution in [3.63, 3.8) is 0 Å². The molecule has 1 aliphatic rings. The first-order valence-corrected chi connectivity index (χ1v) is 6.07. The van der Waals surface area contributed by atoms with Crippen molar-refractivity contribution in [1.82, 2.24) is 20.4 Å². The lowest BCUT2D eigenvalue weighted by Crippen LogP contribution is -2.60. The summed E-state index contributed by atoms with van der Waals surface area (Å²) in [5, 5.41) is 13.7. The van der Waals surface area contributed by atoms with Gasteiger partial charge in [0.2, 0.25) is 11.8 Å². The number of rotatable bonds is 4. The zero-order chi connectivity index (χ0) is 15.3. The van der Waals surface area contributed by atoms with Gasteiger partial charge < -0.3 is 25.5 Å². The van der Waals surface area contributed by atoms with Crippen molar-refractivity contribution in [3.8, 4) is 0 Å². The molecule has 0 aromatic heterocycles. The summed E-state index contributed by atoms with van der Waals surface area (Å²) in [6.07, 6.45) is -0.471. The summed E-state index contributed by atoms with van der Waals surface area (Å²) >= 11 is 0. The summed E-state index contributed by atoms with van der Waals surface area (Å²) in [6, 6.07) is -1.68. The molecule has 1 atom stereocenters. The lowest BCUT2D eigenvalue weighted by molar-refractivity contribution is -0.142. The first-order valence-electron chi connectivity index (χ1n) is 6.07. The lowest BCUT2D eigenvalue weighted by Gasteiger charge is -2.34. The van der Waals surface area contributed by atoms with Gasteiger partial charge in [-0.1, -0.05) is 0 Å². The highest BCUT2D eigenvalue weighted by Crippen LogP contribution is 2.09. The number of hydrogen-bond donors (Lipinski definition) is 3. The molecule has 9 nitrogen and oxygen atoms in total. The molecule has 1 saturated heterocycles. The number of urea groups is 1. The van der Waals surface area contributed by atoms with Crippen LogP contribution in [-0.2, 0) is 14.4 Å². The third-order valence-corrected chi connectivity index (χ3v) is 2.85. The molecule has 1 aliphatic heterocycles. The molecular weight excluding hydrogens is 268 g/mol. The highest BCUT2D eigenvalue weighted by Gasteiger charge is 2.34. The number of likely N-dealkylation sites (N-methyl/N-ethyl adjacent to an activating group) is 1. The number of hydrogen-bond acceptors (Lipinski definition) is 4. The standard InChI is InChI=1S/C11H18N4O5/c1-14(2)8(16)6-13-11(20)15-4-3-12-10(19)7(15)5-9(17)18/h7H,3-6H2,1-2H3,(H,12,19)(H,13,20)(H,17,18). The fourth-order valence-corrected chi connectivity index (χ4v) is 1.74. The van der Waals surface area contributed by atoms with Gasteiger partial charge in [-0.15, -0.1) is 0 Å². The average molecular weight is 286 g/mol. The van der Waals surface area contributed by atoms with Gasteiger partial charge in [0.05, 0.1) is 13.0 Å². The molecule has 1 rings (SSSR count). The van der Waals surface area contributed by atoms with Crippen LogP contribution in [0.4, 0.5) is 4.79 Å². The van der Waals surface area contributed by atoms with E-state index < -0.39 is 30.4 Å². The predicted molar refractivity (Wildman–Crippen MR) is 67.8 cm³/mol. The zero-order valence-electron chi connectivity index (χ0n) is 11.4. The number of carboxylic acid groups (broad SMARTS) is 1. The van der Waals surface area contributed by atoms with Crippen molar-refractivity contribution >= 4 is 23.8 Å². The predicted octanol–water partition coefficient (Wildman–Crippen LogP) is -1.94. The van der Waals surface area contributed by atoms with E-state index in [9.17, 15) is 19.2 Å². The smallest absolute Gasteiger partial charge is 0.318 e. The van der Waals surface area contributed by atoms with Crippen LogP contribution in [0.1, 0.15) is 6.42 Å². The Hall–Kier alpha value is -2.32. The van der Waals surface area contributed by atoms with Gasteiger partial charge in [-0.25, -0.2) is 4.79 Å². The summed E-state index contributed by atoms with van der Waals surface area (Å²) in [7, 11) is 3.10. The minimum Gasteiger partial charge on any atom is -0.481 e. The Labute approximate surface area is 115 Å². The molecule has 20 heavy (non-hydrogen) atoms. The molecule has 1 unspecified atom stereocenters. The Kier molecular flexibility index (Phi) is 5.30. The van der Waals surface area contributed by atoms with Crippen LogP contribution in [-0.4, -0.2) is 78.5 Å². The molecule has 1 fully saturated rings. The molecule has 0 radical (unpaired) electrons. The van der Waals surface area contributed by atoms with Gasteiger partial charge in [-0.05, 0) is 0 Å². The minimum absolute atomic E-state index is 0.200. The van der Waals surface area contributed by atoms with E-state index in [0.29, 0.717) is 0 Å². The molecule has 3 N–H and O–H groups in total. The van der Waals surface area contributed by atoms with E-state index in [0.717, 1.165) is 4.90 Å². The van der Waals surface area contributed by atoms with Crippen LogP contribution >= 0.6 is 0 Å². The quantitative estimate of drug-likeness (QED) is 0.555. The van der Waals surface area contributed by atoms with E-state index in [1.165, 1.54) is 4.90 Å². The second-order valence-electron chi connectivity index (χ2n) is 4.54. The maximum atomic E-state index is 11.9. The maximum absolute atomic E-state index is 11.9. The lowest BCUT2D eigenvalue weighted by atomic mass is 10.1. The third-order valence-electron chi connectivity index (χ3n) is 2.85. The number of nitrogens with zero attached hydrogens (tertiary/aromatic N) is 2. The molecule has 0 saturated carbocycles. The van der Waals surface area contributed by atoms with Gasteiger partial charge in [-0.3, -0.25) is 14.4 Å². The Morgan fingerprint density at radius 3 is 2.65 bits per heavy atom. The number of carbonyl (C=O) groups excluding carboxylic acids is 3. The van der Waals surface area contributed by atoms with E-state index in [1.807, 2.05) is 0 Å². The van der Waals surface area contributed by atoms with Gasteiger partial charge >= 0.3 is 12.0 Å². The van der Waals surface area contributed by atoms with Crippen LogP contribution in [0.5, 0.6) is 0 Å². The number of carboxylic acids is 1. The average Bonchev–Trinajstić information content (AvgIpc) is 2.37. The highest BCUT2D eigenvalue weighted by molar-refractivity contribution is 5.92. The minimum atomic E-state index is -1.17. The molecule has 0 spiro atoms. The van der Waals surface area contributed by atoms with Gasteiger partial charge in [0.25, 0.3) is 0 Å². The van der Waals surface area contributed by atoms with E-state index in [-0.39, 0.29) is 25.5 Å². The molecule has 0 aromatic rings. The van der Waals surface area contributed by atoms with Gasteiger partial charge in [0.1, 0.15) is 6.04 Å². The van der Waals surface area contributed by atoms with Crippen LogP contribution in [0.25, 0.3) is 0 Å². The van der Waals surface area contributed by atoms with Crippen molar-refractivity contribution in [1.29, 1.82) is 0 Å². The Bertz CT molecular complexity index is 423. The van der Waals surface area contributed by atoms with E-state index in [2.05, 4.69) is 10.6 Å². The monoisotopic (exact) mass is 286 g/mol. The fraction of sp³-hybridized carbons (Fsp3) is 0.636. The maximum Gasteiger partial charge on any atom is 0.318 e. The first-order chi connectivity index (χ1) is 9.32. The highest BCUT2D eigenvalue weighted by atomic mass is 16.4. The van der Waals surface area contributed by atoms with Gasteiger partial charge in [0, 0.05) is 27.2 Å². The SMILES string of the molecule is CN(C)C(=O)CNC(=O)N1CCNC(=O)C1CC(=O)O. The summed E-state index contributed by atoms with van der Waals surface area (Å²) in [4.78, 5) is 48.1. The van der Waals surface area contributed by atoms with Crippen molar-refractivity contribution in [2.75, 3.05) is 33.7 Å². The number of nitrogens with one attached hydrogen (secondary N) is 2. The van der Waals surface area contributed by atoms with E-state index >= 15 is 0 Å². The molecule has 9 heteroatoms. The van der Waals surface area contributed by atoms with Crippen molar-refractivity contribution in [2.45, 2.75) is 12.5 Å². The second-order valence-corrected chi connectivity index (χ2v) is 4.54. The second kappa shape index (κ2) is 6.73. The molecule has 0 bridgehead atoms. The van der Waals surface area contributed by atoms with Crippen molar-refractivity contribution in [3.05, 3.63) is 0 Å². The topological polar surface area (TPSA) is 119 Å². The molecule has 112 valence electrons.